The third-order valence-electron chi connectivity index (χ3n) is 3.89. The van der Waals surface area contributed by atoms with Crippen LogP contribution in [0.2, 0.25) is 0 Å². The van der Waals surface area contributed by atoms with E-state index in [0.29, 0.717) is 13.0 Å². The van der Waals surface area contributed by atoms with Gasteiger partial charge in [0.1, 0.15) is 6.17 Å². The Kier molecular flexibility index (Phi) is 5.27. The number of aryl methyl sites for hydroxylation is 1. The maximum Gasteiger partial charge on any atom is 0.225 e. The summed E-state index contributed by atoms with van der Waals surface area (Å²) in [6, 6.07) is 13.9. The van der Waals surface area contributed by atoms with Crippen molar-refractivity contribution >= 4 is 29.3 Å². The van der Waals surface area contributed by atoms with E-state index in [1.165, 1.54) is 5.56 Å². The molecule has 0 saturated carbocycles. The summed E-state index contributed by atoms with van der Waals surface area (Å²) < 4.78 is 0. The van der Waals surface area contributed by atoms with E-state index >= 15 is 0 Å². The molecular formula is C18H22N6O. The number of carbonyl (C=O) groups is 1. The Labute approximate surface area is 146 Å². The number of hydrazine groups is 1. The Hall–Kier alpha value is -2.90. The van der Waals surface area contributed by atoms with Gasteiger partial charge in [-0.05, 0) is 36.8 Å². The molecule has 1 aliphatic rings. The van der Waals surface area contributed by atoms with Gasteiger partial charge in [-0.3, -0.25) is 16.1 Å². The summed E-state index contributed by atoms with van der Waals surface area (Å²) in [6.45, 7) is 2.49. The van der Waals surface area contributed by atoms with E-state index < -0.39 is 0 Å². The van der Waals surface area contributed by atoms with E-state index in [9.17, 15) is 4.79 Å². The minimum atomic E-state index is -0.177. The molecule has 0 bridgehead atoms. The molecule has 0 aliphatic carbocycles. The number of hydrogen-bond acceptors (Lipinski definition) is 6. The molecule has 1 aliphatic heterocycles. The van der Waals surface area contributed by atoms with Crippen molar-refractivity contribution in [1.29, 1.82) is 0 Å². The minimum Gasteiger partial charge on any atom is -0.360 e. The first-order valence-corrected chi connectivity index (χ1v) is 8.14. The number of rotatable bonds is 6. The Bertz CT molecular complexity index is 789. The number of aliphatic imine (C=N–C) groups is 1. The van der Waals surface area contributed by atoms with Crippen molar-refractivity contribution in [2.24, 2.45) is 10.8 Å². The average molecular weight is 338 g/mol. The number of nitrogens with zero attached hydrogens (tertiary/aromatic N) is 1. The molecular weight excluding hydrogens is 316 g/mol. The maximum atomic E-state index is 11.8. The summed E-state index contributed by atoms with van der Waals surface area (Å²) >= 11 is 0. The second-order valence-corrected chi connectivity index (χ2v) is 5.89. The smallest absolute Gasteiger partial charge is 0.225 e. The van der Waals surface area contributed by atoms with Crippen molar-refractivity contribution in [3.63, 3.8) is 0 Å². The van der Waals surface area contributed by atoms with Crippen molar-refractivity contribution in [1.82, 2.24) is 5.43 Å². The number of carbonyl (C=O) groups excluding carboxylic acids is 1. The first-order valence-electron chi connectivity index (χ1n) is 8.14. The summed E-state index contributed by atoms with van der Waals surface area (Å²) in [7, 11) is 0. The highest BCUT2D eigenvalue weighted by Gasteiger charge is 2.18. The standard InChI is InChI=1S/C18H22N6O/c1-12-3-2-4-13(9-12)24-18-15-6-5-14(10-16(15)20-11-21-18)23-17(25)7-8-22-19/h2-6,9-11,18,22,24H,7-8,19H2,1H3,(H,20,21)(H,23,25). The van der Waals surface area contributed by atoms with Gasteiger partial charge in [0.15, 0.2) is 0 Å². The van der Waals surface area contributed by atoms with Crippen LogP contribution in [0.3, 0.4) is 0 Å². The van der Waals surface area contributed by atoms with Gasteiger partial charge in [0.25, 0.3) is 0 Å². The quantitative estimate of drug-likeness (QED) is 0.411. The van der Waals surface area contributed by atoms with Crippen molar-refractivity contribution in [3.05, 3.63) is 53.6 Å². The average Bonchev–Trinajstić information content (AvgIpc) is 2.60. The lowest BCUT2D eigenvalue weighted by molar-refractivity contribution is -0.116. The fourth-order valence-corrected chi connectivity index (χ4v) is 2.68. The lowest BCUT2D eigenvalue weighted by Crippen LogP contribution is -2.27. The fourth-order valence-electron chi connectivity index (χ4n) is 2.68. The molecule has 1 heterocycles. The molecule has 7 heteroatoms. The summed E-state index contributed by atoms with van der Waals surface area (Å²) in [4.78, 5) is 16.3. The van der Waals surface area contributed by atoms with E-state index in [0.717, 1.165) is 22.6 Å². The van der Waals surface area contributed by atoms with Crippen LogP contribution in [-0.4, -0.2) is 18.8 Å². The van der Waals surface area contributed by atoms with Gasteiger partial charge >= 0.3 is 0 Å². The zero-order valence-electron chi connectivity index (χ0n) is 14.0. The van der Waals surface area contributed by atoms with Crippen molar-refractivity contribution < 1.29 is 4.79 Å². The van der Waals surface area contributed by atoms with Crippen LogP contribution >= 0.6 is 0 Å². The van der Waals surface area contributed by atoms with Crippen LogP contribution in [0.5, 0.6) is 0 Å². The topological polar surface area (TPSA) is 104 Å². The van der Waals surface area contributed by atoms with Crippen LogP contribution < -0.4 is 27.2 Å². The van der Waals surface area contributed by atoms with Gasteiger partial charge in [0, 0.05) is 35.6 Å². The van der Waals surface area contributed by atoms with Gasteiger partial charge in [0.05, 0.1) is 6.34 Å². The van der Waals surface area contributed by atoms with Crippen LogP contribution in [0.1, 0.15) is 23.7 Å². The molecule has 130 valence electrons. The number of fused-ring (bicyclic) bond motifs is 1. The normalized spacial score (nSPS) is 15.2. The van der Waals surface area contributed by atoms with Crippen LogP contribution in [0.15, 0.2) is 47.5 Å². The second kappa shape index (κ2) is 7.78. The van der Waals surface area contributed by atoms with Gasteiger partial charge in [-0.25, -0.2) is 4.99 Å². The lowest BCUT2D eigenvalue weighted by atomic mass is 10.1. The molecule has 2 aromatic carbocycles. The molecule has 0 fully saturated rings. The molecule has 1 atom stereocenters. The van der Waals surface area contributed by atoms with Crippen LogP contribution in [-0.2, 0) is 4.79 Å². The molecule has 0 saturated heterocycles. The molecule has 6 N–H and O–H groups in total. The number of nitrogens with two attached hydrogens (primary N) is 1. The first-order chi connectivity index (χ1) is 12.2. The Morgan fingerprint density at radius 2 is 2.12 bits per heavy atom. The zero-order valence-corrected chi connectivity index (χ0v) is 14.0. The Morgan fingerprint density at radius 1 is 1.24 bits per heavy atom. The Balaban J connectivity index is 1.73. The monoisotopic (exact) mass is 338 g/mol. The summed E-state index contributed by atoms with van der Waals surface area (Å²) in [6.07, 6.45) is 1.81. The van der Waals surface area contributed by atoms with Crippen LogP contribution in [0.25, 0.3) is 0 Å². The molecule has 1 unspecified atom stereocenters. The molecule has 25 heavy (non-hydrogen) atoms. The number of hydrogen-bond donors (Lipinski definition) is 5. The van der Waals surface area contributed by atoms with E-state index in [-0.39, 0.29) is 12.1 Å². The highest BCUT2D eigenvalue weighted by molar-refractivity contribution is 5.92. The highest BCUT2D eigenvalue weighted by atomic mass is 16.1. The van der Waals surface area contributed by atoms with Crippen LogP contribution in [0, 0.1) is 6.92 Å². The van der Waals surface area contributed by atoms with E-state index in [4.69, 9.17) is 5.84 Å². The number of amides is 1. The first kappa shape index (κ1) is 16.9. The third kappa shape index (κ3) is 4.34. The molecule has 0 radical (unpaired) electrons. The van der Waals surface area contributed by atoms with Gasteiger partial charge < -0.3 is 16.0 Å². The SMILES string of the molecule is Cc1cccc(NC2N=CNc3cc(NC(=O)CCNN)ccc32)c1. The van der Waals surface area contributed by atoms with Crippen molar-refractivity contribution in [2.45, 2.75) is 19.5 Å². The number of benzene rings is 2. The van der Waals surface area contributed by atoms with E-state index in [1.807, 2.05) is 30.3 Å². The van der Waals surface area contributed by atoms with E-state index in [1.54, 1.807) is 6.34 Å². The fraction of sp³-hybridized carbons (Fsp3) is 0.222. The minimum absolute atomic E-state index is 0.0863. The molecule has 3 rings (SSSR count). The number of anilines is 3. The van der Waals surface area contributed by atoms with Crippen molar-refractivity contribution in [3.8, 4) is 0 Å². The highest BCUT2D eigenvalue weighted by Crippen LogP contribution is 2.32. The predicted molar refractivity (Wildman–Crippen MR) is 102 cm³/mol. The largest absolute Gasteiger partial charge is 0.360 e. The maximum absolute atomic E-state index is 11.8. The molecule has 0 spiro atoms. The summed E-state index contributed by atoms with van der Waals surface area (Å²) in [5, 5.41) is 9.41. The number of nitrogens with one attached hydrogen (secondary N) is 4. The van der Waals surface area contributed by atoms with E-state index in [2.05, 4.69) is 45.4 Å². The zero-order chi connectivity index (χ0) is 17.6. The van der Waals surface area contributed by atoms with Gasteiger partial charge in [-0.1, -0.05) is 18.2 Å². The predicted octanol–water partition coefficient (Wildman–Crippen LogP) is 2.35. The van der Waals surface area contributed by atoms with Gasteiger partial charge in [-0.15, -0.1) is 0 Å². The summed E-state index contributed by atoms with van der Waals surface area (Å²) in [5.74, 6) is 5.10. The summed E-state index contributed by atoms with van der Waals surface area (Å²) in [5.41, 5.74) is 7.34. The molecule has 2 aromatic rings. The third-order valence-corrected chi connectivity index (χ3v) is 3.89. The van der Waals surface area contributed by atoms with Crippen LogP contribution in [0.4, 0.5) is 17.1 Å². The molecule has 0 aromatic heterocycles. The van der Waals surface area contributed by atoms with Gasteiger partial charge in [0.2, 0.25) is 5.91 Å². The molecule has 7 nitrogen and oxygen atoms in total. The molecule has 1 amide bonds. The lowest BCUT2D eigenvalue weighted by Gasteiger charge is -2.23. The van der Waals surface area contributed by atoms with Gasteiger partial charge in [-0.2, -0.15) is 0 Å². The van der Waals surface area contributed by atoms with Crippen molar-refractivity contribution in [2.75, 3.05) is 22.5 Å². The Morgan fingerprint density at radius 3 is 2.92 bits per heavy atom. The second-order valence-electron chi connectivity index (χ2n) is 5.89.